The molecular weight excluding hydrogens is 408 g/mol. The molecule has 1 aliphatic rings. The van der Waals surface area contributed by atoms with Crippen LogP contribution in [0.15, 0.2) is 29.7 Å². The van der Waals surface area contributed by atoms with Gasteiger partial charge in [-0.05, 0) is 38.8 Å². The topological polar surface area (TPSA) is 79.0 Å². The second-order valence-corrected chi connectivity index (χ2v) is 7.49. The zero-order valence-electron chi connectivity index (χ0n) is 16.4. The molecule has 11 heteroatoms. The maximum Gasteiger partial charge on any atom is 0.436 e. The average Bonchev–Trinajstić information content (AvgIpc) is 2.98. The molecule has 30 heavy (non-hydrogen) atoms. The second kappa shape index (κ2) is 7.69. The molecule has 0 N–H and O–H groups in total. The lowest BCUT2D eigenvalue weighted by Crippen LogP contribution is -2.38. The molecule has 0 amide bonds. The number of esters is 1. The van der Waals surface area contributed by atoms with Gasteiger partial charge in [0.15, 0.2) is 11.5 Å². The summed E-state index contributed by atoms with van der Waals surface area (Å²) in [5, 5.41) is 4.10. The average molecular weight is 428 g/mol. The van der Waals surface area contributed by atoms with Crippen molar-refractivity contribution in [3.63, 3.8) is 0 Å². The number of carbonyl (C=O) groups is 1. The van der Waals surface area contributed by atoms with E-state index < -0.39 is 47.5 Å². The summed E-state index contributed by atoms with van der Waals surface area (Å²) in [5.74, 6) is -1.92. The van der Waals surface area contributed by atoms with E-state index >= 15 is 0 Å². The van der Waals surface area contributed by atoms with Crippen LogP contribution in [-0.4, -0.2) is 30.9 Å². The molecule has 7 nitrogen and oxygen atoms in total. The number of aryl methyl sites for hydroxylation is 1. The number of carbonyl (C=O) groups excluding carboxylic acids is 1. The van der Waals surface area contributed by atoms with Gasteiger partial charge >= 0.3 is 17.8 Å². The molecule has 162 valence electrons. The number of pyridine rings is 1. The predicted octanol–water partition coefficient (Wildman–Crippen LogP) is 3.03. The molecule has 2 aromatic heterocycles. The second-order valence-electron chi connectivity index (χ2n) is 7.49. The number of alkyl halides is 3. The monoisotopic (exact) mass is 428 g/mol. The van der Waals surface area contributed by atoms with Crippen LogP contribution in [-0.2, 0) is 28.7 Å². The van der Waals surface area contributed by atoms with Crippen LogP contribution in [0, 0.1) is 5.82 Å². The zero-order chi connectivity index (χ0) is 22.3. The van der Waals surface area contributed by atoms with Gasteiger partial charge in [0.2, 0.25) is 0 Å². The van der Waals surface area contributed by atoms with Gasteiger partial charge in [-0.1, -0.05) is 6.58 Å². The summed E-state index contributed by atoms with van der Waals surface area (Å²) in [6.07, 6.45) is -1.40. The smallest absolute Gasteiger partial charge is 0.436 e. The van der Waals surface area contributed by atoms with E-state index in [2.05, 4.69) is 16.7 Å². The van der Waals surface area contributed by atoms with Crippen molar-refractivity contribution >= 4 is 5.97 Å². The molecule has 1 aliphatic heterocycles. The van der Waals surface area contributed by atoms with E-state index in [0.717, 1.165) is 21.5 Å². The van der Waals surface area contributed by atoms with Crippen LogP contribution < -0.4 is 5.69 Å². The van der Waals surface area contributed by atoms with E-state index in [4.69, 9.17) is 4.74 Å². The number of hydrogen-bond acceptors (Lipinski definition) is 5. The zero-order valence-corrected chi connectivity index (χ0v) is 16.4. The van der Waals surface area contributed by atoms with Gasteiger partial charge in [0, 0.05) is 18.2 Å². The largest absolute Gasteiger partial charge is 0.454 e. The normalized spacial score (nSPS) is 16.8. The van der Waals surface area contributed by atoms with Crippen LogP contribution in [0.4, 0.5) is 17.6 Å². The maximum atomic E-state index is 14.3. The van der Waals surface area contributed by atoms with Crippen molar-refractivity contribution in [3.8, 4) is 0 Å². The summed E-state index contributed by atoms with van der Waals surface area (Å²) >= 11 is 0. The minimum atomic E-state index is -4.97. The van der Waals surface area contributed by atoms with Crippen LogP contribution in [0.25, 0.3) is 0 Å². The Labute approximate surface area is 169 Å². The summed E-state index contributed by atoms with van der Waals surface area (Å²) in [4.78, 5) is 28.5. The van der Waals surface area contributed by atoms with Crippen LogP contribution in [0.5, 0.6) is 0 Å². The highest BCUT2D eigenvalue weighted by Gasteiger charge is 2.38. The minimum absolute atomic E-state index is 0.287. The lowest BCUT2D eigenvalue weighted by molar-refractivity contribution is -0.157. The molecule has 1 atom stereocenters. The summed E-state index contributed by atoms with van der Waals surface area (Å²) in [5.41, 5.74) is -3.72. The number of ether oxygens (including phenoxy) is 1. The van der Waals surface area contributed by atoms with Crippen molar-refractivity contribution in [3.05, 3.63) is 58.3 Å². The SMILES string of the molecule is C=CC(C)(C)OC(=O)[C@@H]1CCCc2nn(Cc3ccnc(C(F)(F)F)c3F)c(=O)n21. The number of fused-ring (bicyclic) bond motifs is 1. The fraction of sp³-hybridized carbons (Fsp3) is 0.474. The molecule has 3 heterocycles. The van der Waals surface area contributed by atoms with Gasteiger partial charge in [-0.2, -0.15) is 18.3 Å². The highest BCUT2D eigenvalue weighted by Crippen LogP contribution is 2.31. The Morgan fingerprint density at radius 1 is 1.40 bits per heavy atom. The van der Waals surface area contributed by atoms with Crippen molar-refractivity contribution < 1.29 is 27.1 Å². The highest BCUT2D eigenvalue weighted by atomic mass is 19.4. The summed E-state index contributed by atoms with van der Waals surface area (Å²) in [6.45, 7) is 6.34. The summed E-state index contributed by atoms with van der Waals surface area (Å²) in [6, 6.07) is 0.121. The number of rotatable bonds is 5. The molecule has 0 fully saturated rings. The van der Waals surface area contributed by atoms with Crippen LogP contribution in [0.1, 0.15) is 49.8 Å². The van der Waals surface area contributed by atoms with Crippen molar-refractivity contribution in [1.29, 1.82) is 0 Å². The molecule has 0 unspecified atom stereocenters. The van der Waals surface area contributed by atoms with Crippen LogP contribution >= 0.6 is 0 Å². The van der Waals surface area contributed by atoms with E-state index in [1.54, 1.807) is 13.8 Å². The fourth-order valence-corrected chi connectivity index (χ4v) is 3.19. The van der Waals surface area contributed by atoms with Gasteiger partial charge in [-0.15, -0.1) is 0 Å². The fourth-order valence-electron chi connectivity index (χ4n) is 3.19. The Bertz CT molecular complexity index is 1040. The van der Waals surface area contributed by atoms with E-state index in [1.807, 2.05) is 0 Å². The standard InChI is InChI=1S/C19H20F4N4O3/c1-4-18(2,3)30-16(28)12-6-5-7-13-25-26(17(29)27(12)13)10-11-8-9-24-15(14(11)20)19(21,22)23/h4,8-9,12H,1,5-7,10H2,2-3H3/t12-/m0/s1. The first-order valence-corrected chi connectivity index (χ1v) is 9.20. The third-order valence-electron chi connectivity index (χ3n) is 4.82. The van der Waals surface area contributed by atoms with Crippen molar-refractivity contribution in [2.24, 2.45) is 0 Å². The van der Waals surface area contributed by atoms with Gasteiger partial charge in [0.25, 0.3) is 0 Å². The van der Waals surface area contributed by atoms with Gasteiger partial charge in [-0.3, -0.25) is 4.57 Å². The molecule has 0 aromatic carbocycles. The van der Waals surface area contributed by atoms with Crippen molar-refractivity contribution in [2.45, 2.75) is 57.5 Å². The quantitative estimate of drug-likeness (QED) is 0.416. The first-order chi connectivity index (χ1) is 13.9. The lowest BCUT2D eigenvalue weighted by Gasteiger charge is -2.27. The van der Waals surface area contributed by atoms with Gasteiger partial charge in [-0.25, -0.2) is 23.6 Å². The first-order valence-electron chi connectivity index (χ1n) is 9.20. The van der Waals surface area contributed by atoms with E-state index in [9.17, 15) is 27.2 Å². The minimum Gasteiger partial charge on any atom is -0.454 e. The van der Waals surface area contributed by atoms with Crippen LogP contribution in [0.2, 0.25) is 0 Å². The number of halogens is 4. The number of aromatic nitrogens is 4. The molecule has 0 spiro atoms. The highest BCUT2D eigenvalue weighted by molar-refractivity contribution is 5.75. The van der Waals surface area contributed by atoms with E-state index in [-0.39, 0.29) is 11.4 Å². The molecule has 0 saturated heterocycles. The third kappa shape index (κ3) is 4.14. The number of hydrogen-bond donors (Lipinski definition) is 0. The van der Waals surface area contributed by atoms with Gasteiger partial charge in [0.05, 0.1) is 6.54 Å². The van der Waals surface area contributed by atoms with E-state index in [1.165, 1.54) is 6.08 Å². The van der Waals surface area contributed by atoms with Gasteiger partial charge in [0.1, 0.15) is 17.5 Å². The summed E-state index contributed by atoms with van der Waals surface area (Å²) in [7, 11) is 0. The molecule has 2 aromatic rings. The van der Waals surface area contributed by atoms with Crippen molar-refractivity contribution in [2.75, 3.05) is 0 Å². The van der Waals surface area contributed by atoms with Gasteiger partial charge < -0.3 is 4.74 Å². The number of nitrogens with zero attached hydrogens (tertiary/aromatic N) is 4. The Kier molecular flexibility index (Phi) is 5.57. The molecular formula is C19H20F4N4O3. The van der Waals surface area contributed by atoms with E-state index in [0.29, 0.717) is 19.3 Å². The summed E-state index contributed by atoms with van der Waals surface area (Å²) < 4.78 is 60.3. The molecule has 0 bridgehead atoms. The Hall–Kier alpha value is -2.98. The Morgan fingerprint density at radius 2 is 2.10 bits per heavy atom. The Morgan fingerprint density at radius 3 is 2.73 bits per heavy atom. The molecule has 0 saturated carbocycles. The maximum absolute atomic E-state index is 14.3. The predicted molar refractivity (Wildman–Crippen MR) is 97.1 cm³/mol. The third-order valence-corrected chi connectivity index (χ3v) is 4.82. The first kappa shape index (κ1) is 21.7. The van der Waals surface area contributed by atoms with Crippen LogP contribution in [0.3, 0.4) is 0 Å². The molecule has 0 radical (unpaired) electrons. The molecule has 3 rings (SSSR count). The molecule has 0 aliphatic carbocycles. The lowest BCUT2D eigenvalue weighted by atomic mass is 10.0. The van der Waals surface area contributed by atoms with Crippen molar-refractivity contribution in [1.82, 2.24) is 19.3 Å². The Balaban J connectivity index is 1.95.